The fourth-order valence-electron chi connectivity index (χ4n) is 6.51. The topological polar surface area (TPSA) is 143 Å². The Bertz CT molecular complexity index is 2150. The number of amides is 2. The normalized spacial score (nSPS) is 16.7. The summed E-state index contributed by atoms with van der Waals surface area (Å²) >= 11 is 0. The second kappa shape index (κ2) is 19.8. The fourth-order valence-corrected chi connectivity index (χ4v) is 6.51. The van der Waals surface area contributed by atoms with Gasteiger partial charge in [0.25, 0.3) is 0 Å². The van der Waals surface area contributed by atoms with Crippen LogP contribution in [0.1, 0.15) is 84.2 Å². The first-order valence-corrected chi connectivity index (χ1v) is 19.8. The lowest BCUT2D eigenvalue weighted by atomic mass is 9.99. The molecule has 0 saturated carbocycles. The number of nitrogens with one attached hydrogen (secondary N) is 2. The number of ether oxygens (including phenoxy) is 3. The van der Waals surface area contributed by atoms with Crippen LogP contribution < -0.4 is 15.6 Å². The number of rotatable bonds is 12. The minimum atomic E-state index is -2.95. The van der Waals surface area contributed by atoms with Crippen LogP contribution in [0.5, 0.6) is 0 Å². The first-order chi connectivity index (χ1) is 28.6. The standard InChI is InChI=1S/C44H53F4N7O6/c1-27-22-53(23-28(2)59-27)39-16-15-31(20-49-39)14-11-29-9-12-30(13-10-29)17-37(51-41(57)60-43(3,4)5)38(56)26-54(52-42(58)61-44(6,7)8)25-34-35(45)18-32(19-36(34)46)33-21-50-55(24-33)40(47)48/h9-10,12-13,15-16,18-21,24,27-28,37-38,40,56H,17,22-23,25-26H2,1-8H3,(H,51,57)(H,52,58)/t27-,28+,37-,38-/m0/s1. The number of halogens is 4. The van der Waals surface area contributed by atoms with Crippen molar-refractivity contribution in [2.45, 2.75) is 110 Å². The van der Waals surface area contributed by atoms with Crippen molar-refractivity contribution in [2.75, 3.05) is 24.5 Å². The fraction of sp³-hybridized carbons (Fsp3) is 0.455. The Morgan fingerprint density at radius 2 is 1.49 bits per heavy atom. The van der Waals surface area contributed by atoms with Crippen LogP contribution in [0.3, 0.4) is 0 Å². The van der Waals surface area contributed by atoms with Crippen molar-refractivity contribution in [1.82, 2.24) is 30.5 Å². The number of aliphatic hydroxyl groups is 1. The minimum absolute atomic E-state index is 0.0458. The average Bonchev–Trinajstić information content (AvgIpc) is 3.65. The Balaban J connectivity index is 1.34. The zero-order chi connectivity index (χ0) is 44.6. The number of morpholine rings is 1. The molecular formula is C44H53F4N7O6. The zero-order valence-corrected chi connectivity index (χ0v) is 35.5. The lowest BCUT2D eigenvalue weighted by molar-refractivity contribution is -0.00547. The molecule has 1 aliphatic rings. The van der Waals surface area contributed by atoms with E-state index in [1.807, 2.05) is 26.0 Å². The van der Waals surface area contributed by atoms with E-state index >= 15 is 8.78 Å². The highest BCUT2D eigenvalue weighted by atomic mass is 19.3. The summed E-state index contributed by atoms with van der Waals surface area (Å²) in [6, 6.07) is 11.9. The van der Waals surface area contributed by atoms with E-state index in [1.165, 1.54) is 0 Å². The number of aromatic nitrogens is 3. The molecule has 3 heterocycles. The molecule has 4 aromatic rings. The number of carbonyl (C=O) groups is 2. The molecule has 1 aliphatic heterocycles. The van der Waals surface area contributed by atoms with Crippen molar-refractivity contribution >= 4 is 18.0 Å². The number of carbonyl (C=O) groups excluding carboxylic acids is 2. The van der Waals surface area contributed by atoms with Gasteiger partial charge in [-0.15, -0.1) is 0 Å². The summed E-state index contributed by atoms with van der Waals surface area (Å²) in [4.78, 5) is 32.8. The number of hydrogen-bond donors (Lipinski definition) is 3. The Labute approximate surface area is 353 Å². The predicted molar refractivity (Wildman–Crippen MR) is 220 cm³/mol. The van der Waals surface area contributed by atoms with Gasteiger partial charge >= 0.3 is 18.7 Å². The Kier molecular flexibility index (Phi) is 15.0. The van der Waals surface area contributed by atoms with Crippen LogP contribution in [0.15, 0.2) is 67.1 Å². The van der Waals surface area contributed by atoms with E-state index < -0.39 is 72.4 Å². The third kappa shape index (κ3) is 14.2. The molecule has 1 fully saturated rings. The number of nitrogens with zero attached hydrogens (tertiary/aromatic N) is 5. The molecule has 4 atom stereocenters. The third-order valence-electron chi connectivity index (χ3n) is 9.10. The van der Waals surface area contributed by atoms with Gasteiger partial charge in [-0.2, -0.15) is 13.9 Å². The molecule has 3 N–H and O–H groups in total. The van der Waals surface area contributed by atoms with Crippen molar-refractivity contribution in [3.8, 4) is 23.0 Å². The largest absolute Gasteiger partial charge is 0.444 e. The Morgan fingerprint density at radius 1 is 0.902 bits per heavy atom. The van der Waals surface area contributed by atoms with Gasteiger partial charge in [0.15, 0.2) is 0 Å². The number of benzene rings is 2. The summed E-state index contributed by atoms with van der Waals surface area (Å²) in [6.07, 6.45) is 0.743. The first kappa shape index (κ1) is 46.4. The van der Waals surface area contributed by atoms with Crippen molar-refractivity contribution in [3.63, 3.8) is 0 Å². The lowest BCUT2D eigenvalue weighted by Crippen LogP contribution is -2.54. The second-order valence-corrected chi connectivity index (χ2v) is 16.9. The maximum atomic E-state index is 15.6. The Hall–Kier alpha value is -5.70. The monoisotopic (exact) mass is 851 g/mol. The molecule has 2 aromatic heterocycles. The molecule has 2 aromatic carbocycles. The molecule has 17 heteroatoms. The molecule has 0 aliphatic carbocycles. The van der Waals surface area contributed by atoms with Gasteiger partial charge in [-0.05, 0) is 109 Å². The highest BCUT2D eigenvalue weighted by Gasteiger charge is 2.30. The molecule has 1 saturated heterocycles. The van der Waals surface area contributed by atoms with Gasteiger partial charge in [0.05, 0.1) is 30.6 Å². The van der Waals surface area contributed by atoms with Gasteiger partial charge in [-0.25, -0.2) is 33.0 Å². The molecule has 5 rings (SSSR count). The van der Waals surface area contributed by atoms with Gasteiger partial charge in [-0.1, -0.05) is 24.0 Å². The molecular weight excluding hydrogens is 799 g/mol. The van der Waals surface area contributed by atoms with Gasteiger partial charge in [0.2, 0.25) is 0 Å². The van der Waals surface area contributed by atoms with Crippen LogP contribution in [-0.4, -0.2) is 92.3 Å². The predicted octanol–water partition coefficient (Wildman–Crippen LogP) is 7.37. The van der Waals surface area contributed by atoms with Crippen LogP contribution in [0, 0.1) is 23.5 Å². The summed E-state index contributed by atoms with van der Waals surface area (Å²) in [7, 11) is 0. The van der Waals surface area contributed by atoms with Gasteiger partial charge in [-0.3, -0.25) is 5.43 Å². The molecule has 0 spiro atoms. The van der Waals surface area contributed by atoms with E-state index in [4.69, 9.17) is 14.2 Å². The second-order valence-electron chi connectivity index (χ2n) is 16.9. The number of hydrazine groups is 1. The van der Waals surface area contributed by atoms with Crippen LogP contribution in [-0.2, 0) is 27.2 Å². The van der Waals surface area contributed by atoms with Gasteiger partial charge in [0.1, 0.15) is 28.7 Å². The van der Waals surface area contributed by atoms with Gasteiger partial charge < -0.3 is 29.5 Å². The van der Waals surface area contributed by atoms with Crippen LogP contribution in [0.2, 0.25) is 0 Å². The van der Waals surface area contributed by atoms with E-state index in [-0.39, 0.29) is 29.8 Å². The summed E-state index contributed by atoms with van der Waals surface area (Å²) in [5.74, 6) is 5.00. The van der Waals surface area contributed by atoms with Crippen molar-refractivity contribution in [3.05, 3.63) is 101 Å². The number of hydrogen-bond acceptors (Lipinski definition) is 10. The first-order valence-electron chi connectivity index (χ1n) is 19.8. The van der Waals surface area contributed by atoms with Crippen LogP contribution in [0.25, 0.3) is 11.1 Å². The highest BCUT2D eigenvalue weighted by Crippen LogP contribution is 2.27. The highest BCUT2D eigenvalue weighted by molar-refractivity contribution is 5.68. The third-order valence-corrected chi connectivity index (χ3v) is 9.10. The smallest absolute Gasteiger partial charge is 0.422 e. The number of pyridine rings is 1. The maximum Gasteiger partial charge on any atom is 0.422 e. The molecule has 328 valence electrons. The van der Waals surface area contributed by atoms with Crippen molar-refractivity contribution in [2.24, 2.45) is 0 Å². The van der Waals surface area contributed by atoms with E-state index in [0.29, 0.717) is 15.8 Å². The summed E-state index contributed by atoms with van der Waals surface area (Å²) in [5, 5.41) is 19.0. The SMILES string of the molecule is C[C@@H]1CN(c2ccc(C#Cc3ccc(C[C@H](NC(=O)OC(C)(C)C)[C@@H](O)CN(Cc4c(F)cc(-c5cnn(C(F)F)c5)cc4F)NC(=O)OC(C)(C)C)cc3)cn2)C[C@H](C)O1. The molecule has 0 radical (unpaired) electrons. The summed E-state index contributed by atoms with van der Waals surface area (Å²) in [6.45, 7) is 11.5. The van der Waals surface area contributed by atoms with Crippen molar-refractivity contribution < 1.29 is 46.5 Å². The molecule has 61 heavy (non-hydrogen) atoms. The van der Waals surface area contributed by atoms with E-state index in [2.05, 4.69) is 37.6 Å². The molecule has 0 unspecified atom stereocenters. The zero-order valence-electron chi connectivity index (χ0n) is 35.5. The summed E-state index contributed by atoms with van der Waals surface area (Å²) < 4.78 is 74.4. The number of alkyl halides is 2. The van der Waals surface area contributed by atoms with Crippen molar-refractivity contribution in [1.29, 1.82) is 0 Å². The van der Waals surface area contributed by atoms with Crippen LogP contribution in [0.4, 0.5) is 33.0 Å². The quantitative estimate of drug-likeness (QED) is 0.0752. The Morgan fingerprint density at radius 3 is 2.05 bits per heavy atom. The van der Waals surface area contributed by atoms with Gasteiger partial charge in [0, 0.05) is 60.8 Å². The lowest BCUT2D eigenvalue weighted by Gasteiger charge is -2.36. The molecule has 13 nitrogen and oxygen atoms in total. The number of anilines is 1. The van der Waals surface area contributed by atoms with E-state index in [1.54, 1.807) is 72.0 Å². The van der Waals surface area contributed by atoms with E-state index in [0.717, 1.165) is 54.0 Å². The van der Waals surface area contributed by atoms with E-state index in [9.17, 15) is 23.5 Å². The number of alkyl carbamates (subject to hydrolysis) is 1. The maximum absolute atomic E-state index is 15.6. The molecule has 0 bridgehead atoms. The average molecular weight is 852 g/mol. The molecule has 2 amide bonds. The summed E-state index contributed by atoms with van der Waals surface area (Å²) in [5.41, 5.74) is 2.25. The number of aliphatic hydroxyl groups excluding tert-OH is 1. The minimum Gasteiger partial charge on any atom is -0.444 e. The van der Waals surface area contributed by atoms with Crippen LogP contribution >= 0.6 is 0 Å².